The number of amides is 2. The number of hydrogen-bond donors (Lipinski definition) is 1. The Balaban J connectivity index is 2.09. The third-order valence-corrected chi connectivity index (χ3v) is 8.09. The molecule has 220 valence electrons. The summed E-state index contributed by atoms with van der Waals surface area (Å²) < 4.78 is 32.6. The minimum Gasteiger partial charge on any atom is -0.497 e. The summed E-state index contributed by atoms with van der Waals surface area (Å²) in [5, 5.41) is 2.99. The van der Waals surface area contributed by atoms with Crippen molar-refractivity contribution in [3.05, 3.63) is 95.1 Å². The van der Waals surface area contributed by atoms with Crippen molar-refractivity contribution in [3.63, 3.8) is 0 Å². The monoisotopic (exact) mass is 579 g/mol. The molecule has 1 atom stereocenters. The van der Waals surface area contributed by atoms with E-state index in [1.807, 2.05) is 82.3 Å². The molecule has 0 aromatic heterocycles. The zero-order valence-electron chi connectivity index (χ0n) is 24.8. The number of nitrogens with zero attached hydrogens (tertiary/aromatic N) is 2. The maximum Gasteiger partial charge on any atom is 0.244 e. The molecule has 8 nitrogen and oxygen atoms in total. The first kappa shape index (κ1) is 31.7. The van der Waals surface area contributed by atoms with E-state index in [1.54, 1.807) is 25.3 Å². The van der Waals surface area contributed by atoms with Crippen LogP contribution in [-0.4, -0.2) is 57.6 Å². The predicted molar refractivity (Wildman–Crippen MR) is 163 cm³/mol. The second kappa shape index (κ2) is 14.2. The molecule has 41 heavy (non-hydrogen) atoms. The van der Waals surface area contributed by atoms with Crippen LogP contribution in [0.5, 0.6) is 5.75 Å². The van der Waals surface area contributed by atoms with Gasteiger partial charge in [0.05, 0.1) is 19.1 Å². The van der Waals surface area contributed by atoms with Gasteiger partial charge in [-0.1, -0.05) is 68.4 Å². The quantitative estimate of drug-likeness (QED) is 0.322. The highest BCUT2D eigenvalue weighted by Crippen LogP contribution is 2.26. The average molecular weight is 580 g/mol. The van der Waals surface area contributed by atoms with Crippen LogP contribution in [0.25, 0.3) is 0 Å². The van der Waals surface area contributed by atoms with Gasteiger partial charge in [0.15, 0.2) is 0 Å². The number of ether oxygens (including phenoxy) is 1. The number of anilines is 1. The number of nitrogens with one attached hydrogen (secondary N) is 1. The van der Waals surface area contributed by atoms with E-state index in [2.05, 4.69) is 5.32 Å². The Labute approximate surface area is 244 Å². The molecule has 3 aromatic carbocycles. The third kappa shape index (κ3) is 8.82. The van der Waals surface area contributed by atoms with Gasteiger partial charge in [0, 0.05) is 19.5 Å². The minimum atomic E-state index is -3.83. The SMILES string of the molecule is COc1cccc(CN(C(=O)CN(c2cccc(C)c2C)S(C)(=O)=O)C(Cc2ccccc2)C(=O)NCC(C)C)c1. The second-order valence-corrected chi connectivity index (χ2v) is 12.6. The standard InChI is InChI=1S/C32H41N3O5S/c1-23(2)20-33-32(37)30(19-26-13-8-7-9-14-26)34(21-27-15-11-16-28(18-27)40-5)31(36)22-35(41(6,38)39)29-17-10-12-24(3)25(29)4/h7-18,23,30H,19-22H2,1-6H3,(H,33,37). The van der Waals surface area contributed by atoms with Gasteiger partial charge in [0.2, 0.25) is 21.8 Å². The van der Waals surface area contributed by atoms with Crippen LogP contribution in [0.15, 0.2) is 72.8 Å². The van der Waals surface area contributed by atoms with Crippen molar-refractivity contribution in [3.8, 4) is 5.75 Å². The van der Waals surface area contributed by atoms with Crippen LogP contribution in [0.2, 0.25) is 0 Å². The first-order valence-corrected chi connectivity index (χ1v) is 15.5. The lowest BCUT2D eigenvalue weighted by Crippen LogP contribution is -2.53. The van der Waals surface area contributed by atoms with Gasteiger partial charge in [0.1, 0.15) is 18.3 Å². The smallest absolute Gasteiger partial charge is 0.244 e. The van der Waals surface area contributed by atoms with Crippen LogP contribution >= 0.6 is 0 Å². The fourth-order valence-corrected chi connectivity index (χ4v) is 5.44. The van der Waals surface area contributed by atoms with E-state index >= 15 is 0 Å². The molecule has 3 rings (SSSR count). The van der Waals surface area contributed by atoms with E-state index in [4.69, 9.17) is 4.74 Å². The van der Waals surface area contributed by atoms with Crippen molar-refractivity contribution in [2.45, 2.75) is 46.7 Å². The van der Waals surface area contributed by atoms with Crippen LogP contribution in [0.1, 0.15) is 36.1 Å². The summed E-state index contributed by atoms with van der Waals surface area (Å²) in [6.07, 6.45) is 1.36. The maximum absolute atomic E-state index is 14.2. The predicted octanol–water partition coefficient (Wildman–Crippen LogP) is 4.49. The minimum absolute atomic E-state index is 0.0903. The Morgan fingerprint density at radius 1 is 0.927 bits per heavy atom. The Morgan fingerprint density at radius 2 is 1.59 bits per heavy atom. The Bertz CT molecular complexity index is 1440. The molecule has 3 aromatic rings. The van der Waals surface area contributed by atoms with E-state index in [9.17, 15) is 18.0 Å². The zero-order chi connectivity index (χ0) is 30.2. The van der Waals surface area contributed by atoms with Gasteiger partial charge in [-0.3, -0.25) is 13.9 Å². The molecule has 0 bridgehead atoms. The molecule has 0 fully saturated rings. The van der Waals surface area contributed by atoms with Crippen molar-refractivity contribution < 1.29 is 22.7 Å². The number of carbonyl (C=O) groups excluding carboxylic acids is 2. The van der Waals surface area contributed by atoms with Crippen LogP contribution in [0, 0.1) is 19.8 Å². The van der Waals surface area contributed by atoms with Crippen molar-refractivity contribution in [1.29, 1.82) is 0 Å². The summed E-state index contributed by atoms with van der Waals surface area (Å²) in [4.78, 5) is 29.4. The number of rotatable bonds is 13. The highest BCUT2D eigenvalue weighted by Gasteiger charge is 2.33. The maximum atomic E-state index is 14.2. The van der Waals surface area contributed by atoms with Crippen LogP contribution < -0.4 is 14.4 Å². The van der Waals surface area contributed by atoms with Crippen molar-refractivity contribution in [2.75, 3.05) is 30.8 Å². The second-order valence-electron chi connectivity index (χ2n) is 10.7. The summed E-state index contributed by atoms with van der Waals surface area (Å²) in [5.74, 6) is 0.0482. The summed E-state index contributed by atoms with van der Waals surface area (Å²) in [6, 6.07) is 21.3. The molecule has 0 heterocycles. The van der Waals surface area contributed by atoms with Gasteiger partial charge in [-0.15, -0.1) is 0 Å². The lowest BCUT2D eigenvalue weighted by atomic mass is 10.0. The Hall–Kier alpha value is -3.85. The average Bonchev–Trinajstić information content (AvgIpc) is 2.94. The zero-order valence-corrected chi connectivity index (χ0v) is 25.6. The summed E-state index contributed by atoms with van der Waals surface area (Å²) >= 11 is 0. The van der Waals surface area contributed by atoms with Crippen LogP contribution in [0.3, 0.4) is 0 Å². The molecule has 9 heteroatoms. The van der Waals surface area contributed by atoms with E-state index in [-0.39, 0.29) is 24.8 Å². The first-order chi connectivity index (χ1) is 19.4. The van der Waals surface area contributed by atoms with Gasteiger partial charge >= 0.3 is 0 Å². The number of aryl methyl sites for hydroxylation is 1. The lowest BCUT2D eigenvalue weighted by Gasteiger charge is -2.34. The van der Waals surface area contributed by atoms with Crippen LogP contribution in [-0.2, 0) is 32.6 Å². The fourth-order valence-electron chi connectivity index (χ4n) is 4.54. The highest BCUT2D eigenvalue weighted by atomic mass is 32.2. The van der Waals surface area contributed by atoms with Crippen LogP contribution in [0.4, 0.5) is 5.69 Å². The molecular weight excluding hydrogens is 538 g/mol. The number of methoxy groups -OCH3 is 1. The first-order valence-electron chi connectivity index (χ1n) is 13.7. The van der Waals surface area contributed by atoms with Gasteiger partial charge in [0.25, 0.3) is 0 Å². The number of sulfonamides is 1. The largest absolute Gasteiger partial charge is 0.497 e. The fraction of sp³-hybridized carbons (Fsp3) is 0.375. The van der Waals surface area contributed by atoms with E-state index in [0.29, 0.717) is 18.0 Å². The third-order valence-electron chi connectivity index (χ3n) is 6.97. The molecule has 0 aliphatic carbocycles. The Morgan fingerprint density at radius 3 is 2.22 bits per heavy atom. The molecule has 1 unspecified atom stereocenters. The molecule has 0 spiro atoms. The van der Waals surface area contributed by atoms with Gasteiger partial charge in [-0.05, 0) is 60.2 Å². The molecule has 0 radical (unpaired) electrons. The number of benzene rings is 3. The molecule has 0 saturated carbocycles. The van der Waals surface area contributed by atoms with Crippen molar-refractivity contribution >= 4 is 27.5 Å². The normalized spacial score (nSPS) is 12.1. The lowest BCUT2D eigenvalue weighted by molar-refractivity contribution is -0.140. The van der Waals surface area contributed by atoms with Crippen molar-refractivity contribution in [1.82, 2.24) is 10.2 Å². The van der Waals surface area contributed by atoms with Gasteiger partial charge in [-0.25, -0.2) is 8.42 Å². The highest BCUT2D eigenvalue weighted by molar-refractivity contribution is 7.92. The topological polar surface area (TPSA) is 96.0 Å². The number of hydrogen-bond acceptors (Lipinski definition) is 5. The summed E-state index contributed by atoms with van der Waals surface area (Å²) in [5.41, 5.74) is 3.75. The molecule has 0 aliphatic rings. The Kier molecular flexibility index (Phi) is 10.9. The summed E-state index contributed by atoms with van der Waals surface area (Å²) in [7, 11) is -2.27. The molecule has 0 aliphatic heterocycles. The van der Waals surface area contributed by atoms with Crippen molar-refractivity contribution in [2.24, 2.45) is 5.92 Å². The van der Waals surface area contributed by atoms with Gasteiger partial charge < -0.3 is 15.0 Å². The molecular formula is C32H41N3O5S. The van der Waals surface area contributed by atoms with E-state index < -0.39 is 28.5 Å². The van der Waals surface area contributed by atoms with E-state index in [1.165, 1.54) is 4.90 Å². The van der Waals surface area contributed by atoms with Gasteiger partial charge in [-0.2, -0.15) is 0 Å². The molecule has 1 N–H and O–H groups in total. The summed E-state index contributed by atoms with van der Waals surface area (Å²) in [6.45, 7) is 7.82. The molecule has 2 amide bonds. The van der Waals surface area contributed by atoms with E-state index in [0.717, 1.165) is 32.8 Å². The molecule has 0 saturated heterocycles. The number of carbonyl (C=O) groups is 2.